The number of carbonyl (C=O) groups excluding carboxylic acids is 1. The van der Waals surface area contributed by atoms with Crippen LogP contribution >= 0.6 is 0 Å². The molecule has 2 aliphatic carbocycles. The molecular formula is C20H25N3O5. The molecule has 4 rings (SSSR count). The lowest BCUT2D eigenvalue weighted by atomic mass is 9.54. The predicted octanol–water partition coefficient (Wildman–Crippen LogP) is 2.80. The van der Waals surface area contributed by atoms with Crippen LogP contribution in [-0.4, -0.2) is 45.4 Å². The highest BCUT2D eigenvalue weighted by atomic mass is 16.5. The second kappa shape index (κ2) is 6.27. The first-order valence-electron chi connectivity index (χ1n) is 9.65. The zero-order chi connectivity index (χ0) is 20.3. The number of aliphatic carboxylic acids is 1. The SMILES string of the molecule is CCOC1CC(NC(=O)c2cc(C3CC3)nc3onc(C)c23)(C(=O)O)C1(C)C. The molecule has 2 unspecified atom stereocenters. The molecule has 0 bridgehead atoms. The number of carboxylic acids is 1. The number of ether oxygens (including phenoxy) is 1. The van der Waals surface area contributed by atoms with Crippen molar-refractivity contribution in [3.63, 3.8) is 0 Å². The van der Waals surface area contributed by atoms with Gasteiger partial charge in [0.1, 0.15) is 5.54 Å². The summed E-state index contributed by atoms with van der Waals surface area (Å²) in [6.07, 6.45) is 2.04. The van der Waals surface area contributed by atoms with Crippen LogP contribution in [0.15, 0.2) is 10.6 Å². The van der Waals surface area contributed by atoms with E-state index in [2.05, 4.69) is 15.5 Å². The molecule has 2 atom stereocenters. The molecule has 28 heavy (non-hydrogen) atoms. The zero-order valence-corrected chi connectivity index (χ0v) is 16.5. The molecule has 0 spiro atoms. The summed E-state index contributed by atoms with van der Waals surface area (Å²) in [5, 5.41) is 17.2. The summed E-state index contributed by atoms with van der Waals surface area (Å²) >= 11 is 0. The van der Waals surface area contributed by atoms with Crippen LogP contribution in [-0.2, 0) is 9.53 Å². The fourth-order valence-corrected chi connectivity index (χ4v) is 4.18. The minimum Gasteiger partial charge on any atom is -0.479 e. The van der Waals surface area contributed by atoms with Crippen molar-refractivity contribution >= 4 is 23.0 Å². The number of aromatic nitrogens is 2. The number of fused-ring (bicyclic) bond motifs is 1. The van der Waals surface area contributed by atoms with Gasteiger partial charge in [0.15, 0.2) is 0 Å². The molecule has 2 saturated carbocycles. The fraction of sp³-hybridized carbons (Fsp3) is 0.600. The number of amides is 1. The Hall–Kier alpha value is -2.48. The largest absolute Gasteiger partial charge is 0.479 e. The van der Waals surface area contributed by atoms with Gasteiger partial charge in [-0.2, -0.15) is 0 Å². The fourth-order valence-electron chi connectivity index (χ4n) is 4.18. The van der Waals surface area contributed by atoms with Gasteiger partial charge in [-0.15, -0.1) is 0 Å². The molecule has 1 amide bonds. The van der Waals surface area contributed by atoms with Crippen LogP contribution in [0.5, 0.6) is 0 Å². The normalized spacial score (nSPS) is 26.1. The van der Waals surface area contributed by atoms with E-state index < -0.39 is 22.8 Å². The Labute approximate surface area is 162 Å². The molecule has 0 aromatic carbocycles. The van der Waals surface area contributed by atoms with Crippen molar-refractivity contribution in [3.05, 3.63) is 23.0 Å². The van der Waals surface area contributed by atoms with Gasteiger partial charge in [0.05, 0.1) is 22.7 Å². The molecule has 0 radical (unpaired) electrons. The second-order valence-corrected chi connectivity index (χ2v) is 8.35. The van der Waals surface area contributed by atoms with E-state index >= 15 is 0 Å². The van der Waals surface area contributed by atoms with E-state index in [1.807, 2.05) is 20.8 Å². The molecule has 2 N–H and O–H groups in total. The number of carboxylic acid groups (broad SMARTS) is 1. The molecule has 2 heterocycles. The smallest absolute Gasteiger partial charge is 0.330 e. The Balaban J connectivity index is 1.72. The van der Waals surface area contributed by atoms with Crippen molar-refractivity contribution in [1.29, 1.82) is 0 Å². The molecule has 150 valence electrons. The maximum absolute atomic E-state index is 13.3. The maximum Gasteiger partial charge on any atom is 0.330 e. The van der Waals surface area contributed by atoms with Crippen LogP contribution < -0.4 is 5.32 Å². The third-order valence-corrected chi connectivity index (χ3v) is 6.33. The number of carbonyl (C=O) groups is 2. The van der Waals surface area contributed by atoms with Gasteiger partial charge >= 0.3 is 5.97 Å². The topological polar surface area (TPSA) is 115 Å². The molecule has 2 aliphatic rings. The molecule has 8 nitrogen and oxygen atoms in total. The molecule has 2 aromatic rings. The van der Waals surface area contributed by atoms with Gasteiger partial charge in [0.25, 0.3) is 11.6 Å². The second-order valence-electron chi connectivity index (χ2n) is 8.35. The number of aryl methyl sites for hydroxylation is 1. The first-order chi connectivity index (χ1) is 13.2. The van der Waals surface area contributed by atoms with E-state index in [0.717, 1.165) is 18.5 Å². The van der Waals surface area contributed by atoms with Crippen molar-refractivity contribution in [2.24, 2.45) is 5.41 Å². The molecular weight excluding hydrogens is 362 g/mol. The number of nitrogens with zero attached hydrogens (tertiary/aromatic N) is 2. The summed E-state index contributed by atoms with van der Waals surface area (Å²) in [6.45, 7) is 7.73. The van der Waals surface area contributed by atoms with Crippen molar-refractivity contribution in [2.45, 2.75) is 64.5 Å². The molecule has 2 aromatic heterocycles. The van der Waals surface area contributed by atoms with E-state index in [1.54, 1.807) is 13.0 Å². The van der Waals surface area contributed by atoms with Gasteiger partial charge in [-0.25, -0.2) is 9.78 Å². The molecule has 8 heteroatoms. The Morgan fingerprint density at radius 1 is 1.39 bits per heavy atom. The Morgan fingerprint density at radius 3 is 2.68 bits per heavy atom. The number of rotatable bonds is 6. The number of hydrogen-bond donors (Lipinski definition) is 2. The number of hydrogen-bond acceptors (Lipinski definition) is 6. The van der Waals surface area contributed by atoms with Crippen LogP contribution in [0.3, 0.4) is 0 Å². The van der Waals surface area contributed by atoms with Crippen LogP contribution in [0.1, 0.15) is 67.7 Å². The highest BCUT2D eigenvalue weighted by molar-refractivity contribution is 6.08. The van der Waals surface area contributed by atoms with Gasteiger partial charge in [-0.3, -0.25) is 4.79 Å². The summed E-state index contributed by atoms with van der Waals surface area (Å²) in [5.41, 5.74) is -0.125. The van der Waals surface area contributed by atoms with Crippen LogP contribution in [0, 0.1) is 12.3 Å². The molecule has 0 saturated heterocycles. The summed E-state index contributed by atoms with van der Waals surface area (Å²) in [7, 11) is 0. The van der Waals surface area contributed by atoms with E-state index in [4.69, 9.17) is 9.26 Å². The number of pyridine rings is 1. The maximum atomic E-state index is 13.3. The average molecular weight is 387 g/mol. The van der Waals surface area contributed by atoms with E-state index in [0.29, 0.717) is 34.9 Å². The van der Waals surface area contributed by atoms with Crippen LogP contribution in [0.2, 0.25) is 0 Å². The Morgan fingerprint density at radius 2 is 2.11 bits per heavy atom. The quantitative estimate of drug-likeness (QED) is 0.783. The van der Waals surface area contributed by atoms with Crippen molar-refractivity contribution in [3.8, 4) is 0 Å². The molecule has 2 fully saturated rings. The third kappa shape index (κ3) is 2.62. The Bertz CT molecular complexity index is 962. The zero-order valence-electron chi connectivity index (χ0n) is 16.5. The molecule has 0 aliphatic heterocycles. The monoisotopic (exact) mass is 387 g/mol. The van der Waals surface area contributed by atoms with Gasteiger partial charge in [0, 0.05) is 30.1 Å². The van der Waals surface area contributed by atoms with Crippen molar-refractivity contribution < 1.29 is 24.0 Å². The third-order valence-electron chi connectivity index (χ3n) is 6.33. The highest BCUT2D eigenvalue weighted by Crippen LogP contribution is 2.52. The van der Waals surface area contributed by atoms with Crippen molar-refractivity contribution in [2.75, 3.05) is 6.61 Å². The van der Waals surface area contributed by atoms with Crippen LogP contribution in [0.25, 0.3) is 11.1 Å². The standard InChI is InChI=1S/C20H25N3O5/c1-5-27-14-9-20(18(25)26,19(14,3)4)22-16(24)12-8-13(11-6-7-11)21-17-15(12)10(2)23-28-17/h8,11,14H,5-7,9H2,1-4H3,(H,22,24)(H,25,26). The van der Waals surface area contributed by atoms with E-state index in [-0.39, 0.29) is 12.5 Å². The van der Waals surface area contributed by atoms with Gasteiger partial charge in [-0.05, 0) is 32.8 Å². The van der Waals surface area contributed by atoms with E-state index in [1.165, 1.54) is 0 Å². The highest BCUT2D eigenvalue weighted by Gasteiger charge is 2.66. The number of nitrogens with one attached hydrogen (secondary N) is 1. The summed E-state index contributed by atoms with van der Waals surface area (Å²) in [5.74, 6) is -1.19. The first kappa shape index (κ1) is 18.9. The summed E-state index contributed by atoms with van der Waals surface area (Å²) in [4.78, 5) is 29.9. The summed E-state index contributed by atoms with van der Waals surface area (Å²) in [6, 6.07) is 1.75. The predicted molar refractivity (Wildman–Crippen MR) is 100 cm³/mol. The van der Waals surface area contributed by atoms with E-state index in [9.17, 15) is 14.7 Å². The van der Waals surface area contributed by atoms with Gasteiger partial charge < -0.3 is 19.7 Å². The van der Waals surface area contributed by atoms with Gasteiger partial charge in [-0.1, -0.05) is 19.0 Å². The minimum atomic E-state index is -1.40. The average Bonchev–Trinajstić information content (AvgIpc) is 3.43. The van der Waals surface area contributed by atoms with Gasteiger partial charge in [0.2, 0.25) is 0 Å². The first-order valence-corrected chi connectivity index (χ1v) is 9.65. The lowest BCUT2D eigenvalue weighted by Gasteiger charge is -2.58. The summed E-state index contributed by atoms with van der Waals surface area (Å²) < 4.78 is 11.0. The minimum absolute atomic E-state index is 0.223. The van der Waals surface area contributed by atoms with Crippen molar-refractivity contribution in [1.82, 2.24) is 15.5 Å². The lowest BCUT2D eigenvalue weighted by Crippen LogP contribution is -2.76. The van der Waals surface area contributed by atoms with Crippen LogP contribution in [0.4, 0.5) is 0 Å². The Kier molecular flexibility index (Phi) is 4.22. The lowest BCUT2D eigenvalue weighted by molar-refractivity contribution is -0.190.